The van der Waals surface area contributed by atoms with Gasteiger partial charge in [0.1, 0.15) is 11.3 Å². The lowest BCUT2D eigenvalue weighted by atomic mass is 10.1. The number of nitrogens with zero attached hydrogens (tertiary/aromatic N) is 1. The summed E-state index contributed by atoms with van der Waals surface area (Å²) < 4.78 is 10.5. The molecule has 19 heavy (non-hydrogen) atoms. The van der Waals surface area contributed by atoms with Gasteiger partial charge in [0.2, 0.25) is 0 Å². The molecule has 0 N–H and O–H groups in total. The topological polar surface area (TPSA) is 52.3 Å². The van der Waals surface area contributed by atoms with Gasteiger partial charge in [-0.1, -0.05) is 0 Å². The van der Waals surface area contributed by atoms with Gasteiger partial charge in [0.05, 0.1) is 23.4 Å². The summed E-state index contributed by atoms with van der Waals surface area (Å²) >= 11 is 1.50. The zero-order valence-corrected chi connectivity index (χ0v) is 11.3. The van der Waals surface area contributed by atoms with Crippen LogP contribution in [-0.4, -0.2) is 12.1 Å². The molecule has 3 rings (SSSR count). The normalized spacial score (nSPS) is 10.8. The Balaban J connectivity index is 2.25. The fraction of sp³-hybridized carbons (Fsp3) is 0.143. The molecule has 0 unspecified atom stereocenters. The summed E-state index contributed by atoms with van der Waals surface area (Å²) in [6.07, 6.45) is 0. The Bertz CT molecular complexity index is 804. The minimum absolute atomic E-state index is 0.372. The minimum atomic E-state index is -0.372. The minimum Gasteiger partial charge on any atom is -0.497 e. The van der Waals surface area contributed by atoms with Gasteiger partial charge in [0, 0.05) is 10.8 Å². The number of rotatable bonds is 2. The van der Waals surface area contributed by atoms with Crippen molar-refractivity contribution in [1.82, 2.24) is 4.98 Å². The second-order valence-corrected chi connectivity index (χ2v) is 5.17. The maximum absolute atomic E-state index is 12.0. The molecule has 2 aromatic heterocycles. The molecule has 4 nitrogen and oxygen atoms in total. The van der Waals surface area contributed by atoms with Crippen LogP contribution >= 0.6 is 11.3 Å². The molecule has 0 aliphatic rings. The van der Waals surface area contributed by atoms with Crippen LogP contribution in [0.4, 0.5) is 0 Å². The van der Waals surface area contributed by atoms with Crippen molar-refractivity contribution >= 4 is 22.3 Å². The first-order valence-corrected chi connectivity index (χ1v) is 6.60. The summed E-state index contributed by atoms with van der Waals surface area (Å²) in [6, 6.07) is 7.11. The van der Waals surface area contributed by atoms with Crippen LogP contribution in [0.15, 0.2) is 38.9 Å². The molecule has 0 saturated heterocycles. The third kappa shape index (κ3) is 2.13. The van der Waals surface area contributed by atoms with Crippen LogP contribution in [0.25, 0.3) is 22.2 Å². The van der Waals surface area contributed by atoms with Crippen molar-refractivity contribution in [3.63, 3.8) is 0 Å². The molecule has 5 heteroatoms. The Morgan fingerprint density at radius 3 is 2.84 bits per heavy atom. The highest BCUT2D eigenvalue weighted by Crippen LogP contribution is 2.25. The van der Waals surface area contributed by atoms with E-state index in [0.717, 1.165) is 16.1 Å². The molecule has 0 radical (unpaired) electrons. The van der Waals surface area contributed by atoms with E-state index >= 15 is 0 Å². The second kappa shape index (κ2) is 4.51. The van der Waals surface area contributed by atoms with E-state index in [2.05, 4.69) is 4.98 Å². The Morgan fingerprint density at radius 2 is 2.16 bits per heavy atom. The zero-order chi connectivity index (χ0) is 13.4. The van der Waals surface area contributed by atoms with Crippen molar-refractivity contribution in [3.05, 3.63) is 45.1 Å². The highest BCUT2D eigenvalue weighted by atomic mass is 32.1. The van der Waals surface area contributed by atoms with Gasteiger partial charge in [-0.2, -0.15) is 0 Å². The largest absolute Gasteiger partial charge is 0.497 e. The number of ether oxygens (including phenoxy) is 1. The maximum atomic E-state index is 12.0. The summed E-state index contributed by atoms with van der Waals surface area (Å²) in [4.78, 5) is 16.3. The van der Waals surface area contributed by atoms with Crippen LogP contribution < -0.4 is 10.4 Å². The van der Waals surface area contributed by atoms with Gasteiger partial charge in [-0.3, -0.25) is 0 Å². The molecule has 2 heterocycles. The first-order chi connectivity index (χ1) is 9.17. The van der Waals surface area contributed by atoms with E-state index in [1.54, 1.807) is 25.3 Å². The van der Waals surface area contributed by atoms with Crippen LogP contribution in [0.1, 0.15) is 5.01 Å². The SMILES string of the molecule is COc1ccc2oc(=O)c(-c3csc(C)n3)cc2c1. The van der Waals surface area contributed by atoms with E-state index in [0.29, 0.717) is 16.8 Å². The Hall–Kier alpha value is -2.14. The van der Waals surface area contributed by atoms with Crippen LogP contribution in [0, 0.1) is 6.92 Å². The first kappa shape index (κ1) is 11.9. The van der Waals surface area contributed by atoms with Gasteiger partial charge in [-0.15, -0.1) is 11.3 Å². The van der Waals surface area contributed by atoms with Gasteiger partial charge in [-0.25, -0.2) is 9.78 Å². The Labute approximate surface area is 113 Å². The number of hydrogen-bond acceptors (Lipinski definition) is 5. The highest BCUT2D eigenvalue weighted by molar-refractivity contribution is 7.09. The van der Waals surface area contributed by atoms with E-state index in [-0.39, 0.29) is 5.63 Å². The van der Waals surface area contributed by atoms with Gasteiger partial charge in [0.15, 0.2) is 0 Å². The molecular weight excluding hydrogens is 262 g/mol. The van der Waals surface area contributed by atoms with E-state index in [1.807, 2.05) is 18.4 Å². The van der Waals surface area contributed by atoms with Gasteiger partial charge in [0.25, 0.3) is 0 Å². The van der Waals surface area contributed by atoms with Crippen LogP contribution in [0.5, 0.6) is 5.75 Å². The fourth-order valence-corrected chi connectivity index (χ4v) is 2.51. The van der Waals surface area contributed by atoms with Gasteiger partial charge < -0.3 is 9.15 Å². The average molecular weight is 273 g/mol. The third-order valence-corrected chi connectivity index (χ3v) is 3.61. The predicted octanol–water partition coefficient (Wildman–Crippen LogP) is 3.23. The quantitative estimate of drug-likeness (QED) is 0.673. The number of fused-ring (bicyclic) bond motifs is 1. The lowest BCUT2D eigenvalue weighted by Crippen LogP contribution is -2.02. The van der Waals surface area contributed by atoms with Crippen LogP contribution in [-0.2, 0) is 0 Å². The maximum Gasteiger partial charge on any atom is 0.345 e. The number of thiazole rings is 1. The number of methoxy groups -OCH3 is 1. The number of hydrogen-bond donors (Lipinski definition) is 0. The van der Waals surface area contributed by atoms with E-state index in [9.17, 15) is 4.79 Å². The highest BCUT2D eigenvalue weighted by Gasteiger charge is 2.10. The van der Waals surface area contributed by atoms with Crippen LogP contribution in [0.2, 0.25) is 0 Å². The predicted molar refractivity (Wildman–Crippen MR) is 74.9 cm³/mol. The van der Waals surface area contributed by atoms with Crippen molar-refractivity contribution in [2.45, 2.75) is 6.92 Å². The molecule has 0 spiro atoms. The van der Waals surface area contributed by atoms with Crippen LogP contribution in [0.3, 0.4) is 0 Å². The standard InChI is InChI=1S/C14H11NO3S/c1-8-15-12(7-19-8)11-6-9-5-10(17-2)3-4-13(9)18-14(11)16/h3-7H,1-2H3. The van der Waals surface area contributed by atoms with Crippen molar-refractivity contribution in [1.29, 1.82) is 0 Å². The molecule has 0 aliphatic carbocycles. The molecule has 0 amide bonds. The molecular formula is C14H11NO3S. The monoisotopic (exact) mass is 273 g/mol. The summed E-state index contributed by atoms with van der Waals surface area (Å²) in [6.45, 7) is 1.90. The van der Waals surface area contributed by atoms with Crippen molar-refractivity contribution in [2.24, 2.45) is 0 Å². The van der Waals surface area contributed by atoms with Crippen molar-refractivity contribution in [3.8, 4) is 17.0 Å². The average Bonchev–Trinajstić information content (AvgIpc) is 2.84. The van der Waals surface area contributed by atoms with Gasteiger partial charge >= 0.3 is 5.63 Å². The fourth-order valence-electron chi connectivity index (χ4n) is 1.89. The molecule has 0 saturated carbocycles. The second-order valence-electron chi connectivity index (χ2n) is 4.10. The summed E-state index contributed by atoms with van der Waals surface area (Å²) in [7, 11) is 1.60. The van der Waals surface area contributed by atoms with Gasteiger partial charge in [-0.05, 0) is 31.2 Å². The molecule has 3 aromatic rings. The molecule has 0 atom stereocenters. The third-order valence-electron chi connectivity index (χ3n) is 2.83. The smallest absolute Gasteiger partial charge is 0.345 e. The van der Waals surface area contributed by atoms with Crippen molar-refractivity contribution in [2.75, 3.05) is 7.11 Å². The molecule has 0 fully saturated rings. The number of aryl methyl sites for hydroxylation is 1. The summed E-state index contributed by atoms with van der Waals surface area (Å²) in [5, 5.41) is 3.59. The lowest BCUT2D eigenvalue weighted by molar-refractivity contribution is 0.415. The van der Waals surface area contributed by atoms with E-state index in [4.69, 9.17) is 9.15 Å². The van der Waals surface area contributed by atoms with E-state index in [1.165, 1.54) is 11.3 Å². The Kier molecular flexibility index (Phi) is 2.83. The van der Waals surface area contributed by atoms with E-state index < -0.39 is 0 Å². The first-order valence-electron chi connectivity index (χ1n) is 5.72. The number of benzene rings is 1. The molecule has 1 aromatic carbocycles. The molecule has 0 bridgehead atoms. The lowest BCUT2D eigenvalue weighted by Gasteiger charge is -2.02. The Morgan fingerprint density at radius 1 is 1.32 bits per heavy atom. The zero-order valence-electron chi connectivity index (χ0n) is 10.5. The molecule has 0 aliphatic heterocycles. The van der Waals surface area contributed by atoms with Crippen molar-refractivity contribution < 1.29 is 9.15 Å². The summed E-state index contributed by atoms with van der Waals surface area (Å²) in [5.74, 6) is 0.724. The number of aromatic nitrogens is 1. The summed E-state index contributed by atoms with van der Waals surface area (Å²) in [5.41, 5.74) is 1.30. The molecule has 96 valence electrons.